The van der Waals surface area contributed by atoms with Gasteiger partial charge in [-0.15, -0.1) is 11.3 Å². The summed E-state index contributed by atoms with van der Waals surface area (Å²) in [6.45, 7) is 3.90. The lowest BCUT2D eigenvalue weighted by atomic mass is 10.3. The monoisotopic (exact) mass is 221 g/mol. The van der Waals surface area contributed by atoms with Gasteiger partial charge in [-0.05, 0) is 13.3 Å². The number of nitrogens with one attached hydrogen (secondary N) is 1. The summed E-state index contributed by atoms with van der Waals surface area (Å²) < 4.78 is 0. The van der Waals surface area contributed by atoms with Gasteiger partial charge in [0.25, 0.3) is 5.56 Å². The van der Waals surface area contributed by atoms with Gasteiger partial charge in [-0.2, -0.15) is 0 Å². The molecule has 0 amide bonds. The van der Waals surface area contributed by atoms with E-state index in [2.05, 4.69) is 15.0 Å². The molecule has 2 aromatic heterocycles. The molecule has 0 unspecified atom stereocenters. The first-order valence-electron chi connectivity index (χ1n) is 4.72. The minimum absolute atomic E-state index is 0.123. The molecule has 1 N–H and O–H groups in total. The molecule has 2 rings (SSSR count). The largest absolute Gasteiger partial charge is 0.305 e. The Bertz CT molecular complexity index is 529. The summed E-state index contributed by atoms with van der Waals surface area (Å²) in [6, 6.07) is 1.52. The fourth-order valence-corrected chi connectivity index (χ4v) is 1.88. The van der Waals surface area contributed by atoms with Crippen molar-refractivity contribution >= 4 is 11.3 Å². The second kappa shape index (κ2) is 3.94. The number of aromatic nitrogens is 3. The number of thiazole rings is 1. The third kappa shape index (κ3) is 2.12. The molecule has 0 spiro atoms. The first-order valence-corrected chi connectivity index (χ1v) is 5.59. The third-order valence-corrected chi connectivity index (χ3v) is 2.79. The van der Waals surface area contributed by atoms with Gasteiger partial charge in [0.2, 0.25) is 0 Å². The zero-order valence-corrected chi connectivity index (χ0v) is 9.39. The van der Waals surface area contributed by atoms with Crippen molar-refractivity contribution in [1.82, 2.24) is 15.0 Å². The molecular formula is C10H11N3OS. The van der Waals surface area contributed by atoms with Crippen molar-refractivity contribution in [3.8, 4) is 11.5 Å². The van der Waals surface area contributed by atoms with Gasteiger partial charge in [0.1, 0.15) is 5.69 Å². The zero-order chi connectivity index (χ0) is 10.8. The van der Waals surface area contributed by atoms with E-state index in [1.54, 1.807) is 11.3 Å². The van der Waals surface area contributed by atoms with Crippen molar-refractivity contribution in [2.24, 2.45) is 0 Å². The number of hydrogen-bond acceptors (Lipinski definition) is 4. The molecule has 0 atom stereocenters. The Morgan fingerprint density at radius 2 is 2.27 bits per heavy atom. The van der Waals surface area contributed by atoms with E-state index in [0.29, 0.717) is 5.82 Å². The van der Waals surface area contributed by atoms with E-state index in [-0.39, 0.29) is 5.56 Å². The molecule has 0 bridgehead atoms. The fraction of sp³-hybridized carbons (Fsp3) is 0.300. The van der Waals surface area contributed by atoms with Crippen LogP contribution in [0.1, 0.15) is 17.6 Å². The summed E-state index contributed by atoms with van der Waals surface area (Å²) in [5.74, 6) is 0.559. The maximum Gasteiger partial charge on any atom is 0.251 e. The Labute approximate surface area is 91.0 Å². The molecule has 2 aromatic rings. The highest BCUT2D eigenvalue weighted by molar-refractivity contribution is 7.09. The number of aromatic amines is 1. The number of rotatable bonds is 2. The van der Waals surface area contributed by atoms with Crippen molar-refractivity contribution in [3.63, 3.8) is 0 Å². The summed E-state index contributed by atoms with van der Waals surface area (Å²) in [5, 5.41) is 2.86. The summed E-state index contributed by atoms with van der Waals surface area (Å²) >= 11 is 1.55. The van der Waals surface area contributed by atoms with Crippen LogP contribution in [0.2, 0.25) is 0 Å². The van der Waals surface area contributed by atoms with Crippen LogP contribution in [0.15, 0.2) is 16.2 Å². The molecule has 0 aromatic carbocycles. The van der Waals surface area contributed by atoms with Crippen molar-refractivity contribution in [3.05, 3.63) is 32.5 Å². The topological polar surface area (TPSA) is 58.6 Å². The SMILES string of the molecule is CCc1cc(=O)[nH]c(-c2csc(C)n2)n1. The van der Waals surface area contributed by atoms with Crippen molar-refractivity contribution in [1.29, 1.82) is 0 Å². The minimum Gasteiger partial charge on any atom is -0.305 e. The van der Waals surface area contributed by atoms with Crippen molar-refractivity contribution in [2.75, 3.05) is 0 Å². The molecule has 5 heteroatoms. The Morgan fingerprint density at radius 3 is 2.87 bits per heavy atom. The van der Waals surface area contributed by atoms with Crippen LogP contribution in [0.4, 0.5) is 0 Å². The highest BCUT2D eigenvalue weighted by atomic mass is 32.1. The van der Waals surface area contributed by atoms with Crippen LogP contribution in [-0.4, -0.2) is 15.0 Å². The fourth-order valence-electron chi connectivity index (χ4n) is 1.28. The highest BCUT2D eigenvalue weighted by Crippen LogP contribution is 2.16. The van der Waals surface area contributed by atoms with Crippen molar-refractivity contribution in [2.45, 2.75) is 20.3 Å². The van der Waals surface area contributed by atoms with Crippen LogP contribution < -0.4 is 5.56 Å². The van der Waals surface area contributed by atoms with Gasteiger partial charge in [0.15, 0.2) is 5.82 Å². The lowest BCUT2D eigenvalue weighted by Gasteiger charge is -1.98. The van der Waals surface area contributed by atoms with E-state index in [9.17, 15) is 4.79 Å². The summed E-state index contributed by atoms with van der Waals surface area (Å²) in [5.41, 5.74) is 1.41. The Morgan fingerprint density at radius 1 is 1.47 bits per heavy atom. The molecule has 0 saturated carbocycles. The van der Waals surface area contributed by atoms with E-state index in [0.717, 1.165) is 22.8 Å². The average Bonchev–Trinajstić information content (AvgIpc) is 2.64. The second-order valence-electron chi connectivity index (χ2n) is 3.19. The smallest absolute Gasteiger partial charge is 0.251 e. The summed E-state index contributed by atoms with van der Waals surface area (Å²) in [6.07, 6.45) is 0.750. The van der Waals surface area contributed by atoms with E-state index < -0.39 is 0 Å². The van der Waals surface area contributed by atoms with Crippen molar-refractivity contribution < 1.29 is 0 Å². The standard InChI is InChI=1S/C10H11N3OS/c1-3-7-4-9(14)13-10(12-7)8-5-15-6(2)11-8/h4-5H,3H2,1-2H3,(H,12,13,14). The third-order valence-electron chi connectivity index (χ3n) is 2.02. The Balaban J connectivity index is 2.53. The predicted molar refractivity (Wildman–Crippen MR) is 60.1 cm³/mol. The highest BCUT2D eigenvalue weighted by Gasteiger charge is 2.05. The molecule has 2 heterocycles. The summed E-state index contributed by atoms with van der Waals surface area (Å²) in [7, 11) is 0. The van der Waals surface area contributed by atoms with Crippen LogP contribution >= 0.6 is 11.3 Å². The molecule has 0 fully saturated rings. The van der Waals surface area contributed by atoms with Crippen LogP contribution in [-0.2, 0) is 6.42 Å². The average molecular weight is 221 g/mol. The van der Waals surface area contributed by atoms with Gasteiger partial charge < -0.3 is 4.98 Å². The minimum atomic E-state index is -0.123. The maximum atomic E-state index is 11.3. The molecular weight excluding hydrogens is 210 g/mol. The second-order valence-corrected chi connectivity index (χ2v) is 4.25. The zero-order valence-electron chi connectivity index (χ0n) is 8.57. The Kier molecular flexibility index (Phi) is 2.64. The lowest BCUT2D eigenvalue weighted by Crippen LogP contribution is -2.10. The molecule has 0 radical (unpaired) electrons. The molecule has 78 valence electrons. The van der Waals surface area contributed by atoms with Gasteiger partial charge in [0, 0.05) is 17.1 Å². The van der Waals surface area contributed by atoms with Gasteiger partial charge in [-0.3, -0.25) is 4.79 Å². The molecule has 0 saturated heterocycles. The van der Waals surface area contributed by atoms with E-state index in [1.165, 1.54) is 6.07 Å². The number of aryl methyl sites for hydroxylation is 2. The first kappa shape index (κ1) is 10.0. The lowest BCUT2D eigenvalue weighted by molar-refractivity contribution is 0.981. The maximum absolute atomic E-state index is 11.3. The van der Waals surface area contributed by atoms with Gasteiger partial charge >= 0.3 is 0 Å². The summed E-state index contributed by atoms with van der Waals surface area (Å²) in [4.78, 5) is 22.6. The van der Waals surface area contributed by atoms with Crippen LogP contribution in [0, 0.1) is 6.92 Å². The molecule has 0 aliphatic rings. The first-order chi connectivity index (χ1) is 7.19. The molecule has 0 aliphatic carbocycles. The van der Waals surface area contributed by atoms with E-state index >= 15 is 0 Å². The quantitative estimate of drug-likeness (QED) is 0.840. The molecule has 0 aliphatic heterocycles. The van der Waals surface area contributed by atoms with Gasteiger partial charge in [-0.1, -0.05) is 6.92 Å². The van der Waals surface area contributed by atoms with Crippen LogP contribution in [0.25, 0.3) is 11.5 Å². The van der Waals surface area contributed by atoms with E-state index in [4.69, 9.17) is 0 Å². The van der Waals surface area contributed by atoms with Gasteiger partial charge in [-0.25, -0.2) is 9.97 Å². The predicted octanol–water partition coefficient (Wildman–Crippen LogP) is 1.76. The van der Waals surface area contributed by atoms with Crippen LogP contribution in [0.5, 0.6) is 0 Å². The number of nitrogens with zero attached hydrogens (tertiary/aromatic N) is 2. The normalized spacial score (nSPS) is 10.5. The number of hydrogen-bond donors (Lipinski definition) is 1. The molecule has 15 heavy (non-hydrogen) atoms. The molecule has 4 nitrogen and oxygen atoms in total. The van der Waals surface area contributed by atoms with Gasteiger partial charge in [0.05, 0.1) is 5.01 Å². The van der Waals surface area contributed by atoms with Crippen LogP contribution in [0.3, 0.4) is 0 Å². The number of H-pyrrole nitrogens is 1. The van der Waals surface area contributed by atoms with E-state index in [1.807, 2.05) is 19.2 Å². The Hall–Kier alpha value is -1.49.